The molecule has 2 heteroatoms. The molecule has 82 valence electrons. The summed E-state index contributed by atoms with van der Waals surface area (Å²) in [5.41, 5.74) is 10.3. The van der Waals surface area contributed by atoms with Crippen molar-refractivity contribution in [1.29, 1.82) is 0 Å². The number of anilines is 1. The summed E-state index contributed by atoms with van der Waals surface area (Å²) in [6.45, 7) is 2.11. The van der Waals surface area contributed by atoms with Gasteiger partial charge in [-0.1, -0.05) is 36.7 Å². The van der Waals surface area contributed by atoms with Gasteiger partial charge in [0.2, 0.25) is 0 Å². The Morgan fingerprint density at radius 1 is 1.00 bits per heavy atom. The van der Waals surface area contributed by atoms with Gasteiger partial charge in [0.1, 0.15) is 0 Å². The fourth-order valence-electron chi connectivity index (χ4n) is 1.73. The second-order valence-corrected chi connectivity index (χ2v) is 4.21. The minimum atomic E-state index is 0.759. The number of nitrogens with two attached hydrogens (primary N) is 1. The highest BCUT2D eigenvalue weighted by molar-refractivity contribution is 6.30. The largest absolute Gasteiger partial charge is 0.399 e. The van der Waals surface area contributed by atoms with Crippen LogP contribution in [0.3, 0.4) is 0 Å². The Kier molecular flexibility index (Phi) is 3.16. The minimum absolute atomic E-state index is 0.759. The lowest BCUT2D eigenvalue weighted by Crippen LogP contribution is -1.92. The topological polar surface area (TPSA) is 26.0 Å². The molecule has 0 bridgehead atoms. The normalized spacial score (nSPS) is 10.4. The van der Waals surface area contributed by atoms with Crippen LogP contribution in [0.5, 0.6) is 0 Å². The van der Waals surface area contributed by atoms with Crippen LogP contribution in [0.2, 0.25) is 5.02 Å². The number of hydrogen-bond acceptors (Lipinski definition) is 1. The lowest BCUT2D eigenvalue weighted by atomic mass is 10.0. The van der Waals surface area contributed by atoms with Crippen molar-refractivity contribution in [2.45, 2.75) is 13.3 Å². The summed E-state index contributed by atoms with van der Waals surface area (Å²) in [5, 5.41) is 0.759. The Balaban J connectivity index is 2.44. The molecular formula is C14H14ClN. The van der Waals surface area contributed by atoms with Crippen molar-refractivity contribution in [2.75, 3.05) is 5.73 Å². The Morgan fingerprint density at radius 3 is 2.25 bits per heavy atom. The molecule has 0 atom stereocenters. The van der Waals surface area contributed by atoms with Crippen LogP contribution in [0.1, 0.15) is 12.5 Å². The fraction of sp³-hybridized carbons (Fsp3) is 0.143. The van der Waals surface area contributed by atoms with E-state index in [0.717, 1.165) is 17.1 Å². The Labute approximate surface area is 101 Å². The van der Waals surface area contributed by atoms with Crippen molar-refractivity contribution < 1.29 is 0 Å². The van der Waals surface area contributed by atoms with Crippen molar-refractivity contribution in [3.8, 4) is 11.1 Å². The average molecular weight is 232 g/mol. The molecule has 0 unspecified atom stereocenters. The summed E-state index contributed by atoms with van der Waals surface area (Å²) < 4.78 is 0. The SMILES string of the molecule is CCc1cc(-c2ccc(Cl)cc2)ccc1N. The summed E-state index contributed by atoms with van der Waals surface area (Å²) in [5.74, 6) is 0. The molecule has 0 aliphatic rings. The van der Waals surface area contributed by atoms with E-state index >= 15 is 0 Å². The molecule has 0 aromatic heterocycles. The third kappa shape index (κ3) is 2.20. The predicted molar refractivity (Wildman–Crippen MR) is 70.7 cm³/mol. The number of halogens is 1. The highest BCUT2D eigenvalue weighted by atomic mass is 35.5. The molecule has 0 aliphatic heterocycles. The third-order valence-corrected chi connectivity index (χ3v) is 2.95. The lowest BCUT2D eigenvalue weighted by Gasteiger charge is -2.07. The molecule has 0 saturated heterocycles. The molecular weight excluding hydrogens is 218 g/mol. The fourth-order valence-corrected chi connectivity index (χ4v) is 1.86. The number of benzene rings is 2. The van der Waals surface area contributed by atoms with Crippen LogP contribution in [0.15, 0.2) is 42.5 Å². The third-order valence-electron chi connectivity index (χ3n) is 2.70. The molecule has 0 heterocycles. The zero-order chi connectivity index (χ0) is 11.5. The quantitative estimate of drug-likeness (QED) is 0.772. The van der Waals surface area contributed by atoms with E-state index in [-0.39, 0.29) is 0 Å². The van der Waals surface area contributed by atoms with Gasteiger partial charge in [0.15, 0.2) is 0 Å². The van der Waals surface area contributed by atoms with Gasteiger partial charge in [-0.15, -0.1) is 0 Å². The number of aryl methyl sites for hydroxylation is 1. The summed E-state index contributed by atoms with van der Waals surface area (Å²) in [6, 6.07) is 14.0. The molecule has 2 aromatic rings. The smallest absolute Gasteiger partial charge is 0.0406 e. The van der Waals surface area contributed by atoms with E-state index in [9.17, 15) is 0 Å². The average Bonchev–Trinajstić information content (AvgIpc) is 2.31. The van der Waals surface area contributed by atoms with Gasteiger partial charge >= 0.3 is 0 Å². The molecule has 1 nitrogen and oxygen atoms in total. The van der Waals surface area contributed by atoms with Crippen LogP contribution < -0.4 is 5.73 Å². The monoisotopic (exact) mass is 231 g/mol. The summed E-state index contributed by atoms with van der Waals surface area (Å²) >= 11 is 5.86. The first-order chi connectivity index (χ1) is 7.70. The van der Waals surface area contributed by atoms with Crippen molar-refractivity contribution in [2.24, 2.45) is 0 Å². The van der Waals surface area contributed by atoms with Crippen LogP contribution in [0, 0.1) is 0 Å². The van der Waals surface area contributed by atoms with Gasteiger partial charge in [-0.25, -0.2) is 0 Å². The van der Waals surface area contributed by atoms with Crippen LogP contribution >= 0.6 is 11.6 Å². The zero-order valence-corrected chi connectivity index (χ0v) is 9.96. The van der Waals surface area contributed by atoms with E-state index in [1.165, 1.54) is 16.7 Å². The van der Waals surface area contributed by atoms with Crippen LogP contribution in [-0.4, -0.2) is 0 Å². The van der Waals surface area contributed by atoms with Crippen molar-refractivity contribution in [3.05, 3.63) is 53.1 Å². The van der Waals surface area contributed by atoms with Crippen LogP contribution in [0.25, 0.3) is 11.1 Å². The first-order valence-electron chi connectivity index (χ1n) is 5.35. The van der Waals surface area contributed by atoms with Crippen LogP contribution in [-0.2, 0) is 6.42 Å². The first-order valence-corrected chi connectivity index (χ1v) is 5.73. The Morgan fingerprint density at radius 2 is 1.62 bits per heavy atom. The molecule has 2 N–H and O–H groups in total. The van der Waals surface area contributed by atoms with Gasteiger partial charge in [0.05, 0.1) is 0 Å². The van der Waals surface area contributed by atoms with E-state index in [1.807, 2.05) is 36.4 Å². The van der Waals surface area contributed by atoms with Gasteiger partial charge < -0.3 is 5.73 Å². The Hall–Kier alpha value is -1.47. The zero-order valence-electron chi connectivity index (χ0n) is 9.20. The van der Waals surface area contributed by atoms with E-state index in [1.54, 1.807) is 0 Å². The predicted octanol–water partition coefficient (Wildman–Crippen LogP) is 4.15. The summed E-state index contributed by atoms with van der Waals surface area (Å²) in [4.78, 5) is 0. The Bertz CT molecular complexity index is 489. The highest BCUT2D eigenvalue weighted by Crippen LogP contribution is 2.25. The molecule has 0 saturated carbocycles. The molecule has 2 aromatic carbocycles. The first kappa shape index (κ1) is 11.0. The number of rotatable bonds is 2. The summed E-state index contributed by atoms with van der Waals surface area (Å²) in [7, 11) is 0. The van der Waals surface area contributed by atoms with Gasteiger partial charge in [-0.3, -0.25) is 0 Å². The van der Waals surface area contributed by atoms with E-state index in [2.05, 4.69) is 13.0 Å². The van der Waals surface area contributed by atoms with Crippen molar-refractivity contribution >= 4 is 17.3 Å². The maximum absolute atomic E-state index is 5.88. The van der Waals surface area contributed by atoms with Gasteiger partial charge in [-0.2, -0.15) is 0 Å². The van der Waals surface area contributed by atoms with Gasteiger partial charge in [0, 0.05) is 10.7 Å². The maximum atomic E-state index is 5.88. The molecule has 2 rings (SSSR count). The van der Waals surface area contributed by atoms with Gasteiger partial charge in [-0.05, 0) is 47.4 Å². The van der Waals surface area contributed by atoms with Crippen molar-refractivity contribution in [1.82, 2.24) is 0 Å². The molecule has 0 fully saturated rings. The summed E-state index contributed by atoms with van der Waals surface area (Å²) in [6.07, 6.45) is 0.952. The molecule has 0 radical (unpaired) electrons. The molecule has 16 heavy (non-hydrogen) atoms. The molecule has 0 aliphatic carbocycles. The van der Waals surface area contributed by atoms with E-state index in [0.29, 0.717) is 0 Å². The minimum Gasteiger partial charge on any atom is -0.399 e. The van der Waals surface area contributed by atoms with E-state index < -0.39 is 0 Å². The lowest BCUT2D eigenvalue weighted by molar-refractivity contribution is 1.15. The van der Waals surface area contributed by atoms with Gasteiger partial charge in [0.25, 0.3) is 0 Å². The molecule has 0 amide bonds. The van der Waals surface area contributed by atoms with Crippen LogP contribution in [0.4, 0.5) is 5.69 Å². The number of hydrogen-bond donors (Lipinski definition) is 1. The number of nitrogen functional groups attached to an aromatic ring is 1. The van der Waals surface area contributed by atoms with E-state index in [4.69, 9.17) is 17.3 Å². The maximum Gasteiger partial charge on any atom is 0.0406 e. The van der Waals surface area contributed by atoms with Crippen molar-refractivity contribution in [3.63, 3.8) is 0 Å². The second kappa shape index (κ2) is 4.58. The highest BCUT2D eigenvalue weighted by Gasteiger charge is 2.01. The molecule has 0 spiro atoms. The standard InChI is InChI=1S/C14H14ClN/c1-2-10-9-12(5-8-14(10)16)11-3-6-13(15)7-4-11/h3-9H,2,16H2,1H3. The second-order valence-electron chi connectivity index (χ2n) is 3.77.